The second-order valence-corrected chi connectivity index (χ2v) is 7.14. The zero-order valence-electron chi connectivity index (χ0n) is 11.2. The van der Waals surface area contributed by atoms with Crippen molar-refractivity contribution >= 4 is 16.9 Å². The maximum atomic E-state index is 10.2. The van der Waals surface area contributed by atoms with E-state index in [-0.39, 0.29) is 17.2 Å². The molecule has 2 rings (SSSR count). The minimum absolute atomic E-state index is 0.136. The van der Waals surface area contributed by atoms with Gasteiger partial charge in [0.15, 0.2) is 5.17 Å². The number of fused-ring (bicyclic) bond motifs is 1. The van der Waals surface area contributed by atoms with Gasteiger partial charge >= 0.3 is 0 Å². The molecular formula is C12H22N2O3S. The molecule has 0 aromatic carbocycles. The molecular weight excluding hydrogens is 252 g/mol. The molecule has 1 heterocycles. The highest BCUT2D eigenvalue weighted by Crippen LogP contribution is 2.43. The third-order valence-corrected chi connectivity index (χ3v) is 5.24. The van der Waals surface area contributed by atoms with Crippen LogP contribution in [0.3, 0.4) is 0 Å². The van der Waals surface area contributed by atoms with E-state index in [1.54, 1.807) is 25.6 Å². The minimum atomic E-state index is -0.993. The Balaban J connectivity index is 2.19. The fourth-order valence-electron chi connectivity index (χ4n) is 2.69. The first-order chi connectivity index (χ1) is 8.21. The lowest BCUT2D eigenvalue weighted by Crippen LogP contribution is -2.56. The highest BCUT2D eigenvalue weighted by atomic mass is 32.2. The summed E-state index contributed by atoms with van der Waals surface area (Å²) in [7, 11) is 3.83. The number of amidine groups is 1. The Morgan fingerprint density at radius 1 is 1.28 bits per heavy atom. The predicted octanol–water partition coefficient (Wildman–Crippen LogP) is -0.0994. The summed E-state index contributed by atoms with van der Waals surface area (Å²) in [5.74, 6) is -0.321. The van der Waals surface area contributed by atoms with Gasteiger partial charge in [-0.3, -0.25) is 4.99 Å². The molecule has 0 radical (unpaired) electrons. The second-order valence-electron chi connectivity index (χ2n) is 5.93. The summed E-state index contributed by atoms with van der Waals surface area (Å²) in [6.45, 7) is 3.36. The molecule has 2 aliphatic rings. The van der Waals surface area contributed by atoms with Crippen molar-refractivity contribution in [1.82, 2.24) is 4.90 Å². The van der Waals surface area contributed by atoms with E-state index in [4.69, 9.17) is 0 Å². The molecule has 1 aliphatic carbocycles. The third-order valence-electron chi connectivity index (χ3n) is 3.79. The van der Waals surface area contributed by atoms with Crippen LogP contribution in [-0.4, -0.2) is 68.6 Å². The maximum absolute atomic E-state index is 10.2. The van der Waals surface area contributed by atoms with Crippen molar-refractivity contribution in [2.45, 2.75) is 49.4 Å². The molecule has 0 unspecified atom stereocenters. The van der Waals surface area contributed by atoms with Crippen LogP contribution in [0.5, 0.6) is 0 Å². The zero-order chi connectivity index (χ0) is 13.7. The molecule has 18 heavy (non-hydrogen) atoms. The zero-order valence-corrected chi connectivity index (χ0v) is 12.1. The lowest BCUT2D eigenvalue weighted by molar-refractivity contribution is -0.117. The fourth-order valence-corrected chi connectivity index (χ4v) is 4.02. The molecule has 0 amide bonds. The van der Waals surface area contributed by atoms with Gasteiger partial charge in [0.05, 0.1) is 17.7 Å². The largest absolute Gasteiger partial charge is 0.390 e. The van der Waals surface area contributed by atoms with Gasteiger partial charge in [0.25, 0.3) is 0 Å². The van der Waals surface area contributed by atoms with Gasteiger partial charge in [-0.25, -0.2) is 0 Å². The summed E-state index contributed by atoms with van der Waals surface area (Å²) in [5, 5.41) is 31.4. The van der Waals surface area contributed by atoms with Crippen LogP contribution in [0.25, 0.3) is 0 Å². The first-order valence-corrected chi connectivity index (χ1v) is 7.10. The molecule has 6 heteroatoms. The quantitative estimate of drug-likeness (QED) is 0.622. The van der Waals surface area contributed by atoms with Crippen LogP contribution < -0.4 is 0 Å². The van der Waals surface area contributed by atoms with Crippen LogP contribution >= 0.6 is 11.8 Å². The lowest BCUT2D eigenvalue weighted by atomic mass is 9.73. The minimum Gasteiger partial charge on any atom is -0.390 e. The molecule has 0 bridgehead atoms. The number of aliphatic imine (C=N–C) groups is 1. The average molecular weight is 274 g/mol. The predicted molar refractivity (Wildman–Crippen MR) is 72.7 cm³/mol. The van der Waals surface area contributed by atoms with Crippen molar-refractivity contribution in [2.75, 3.05) is 14.1 Å². The maximum Gasteiger partial charge on any atom is 0.159 e. The molecule has 0 saturated heterocycles. The molecule has 3 N–H and O–H groups in total. The smallest absolute Gasteiger partial charge is 0.159 e. The van der Waals surface area contributed by atoms with Crippen LogP contribution in [0.1, 0.15) is 20.3 Å². The van der Waals surface area contributed by atoms with Crippen LogP contribution in [0.15, 0.2) is 4.99 Å². The molecule has 0 spiro atoms. The fraction of sp³-hybridized carbons (Fsp3) is 0.917. The van der Waals surface area contributed by atoms with Crippen molar-refractivity contribution < 1.29 is 15.3 Å². The molecule has 0 aromatic rings. The van der Waals surface area contributed by atoms with Crippen LogP contribution in [0.4, 0.5) is 0 Å². The van der Waals surface area contributed by atoms with Crippen molar-refractivity contribution in [3.8, 4) is 0 Å². The van der Waals surface area contributed by atoms with Crippen molar-refractivity contribution in [1.29, 1.82) is 0 Å². The summed E-state index contributed by atoms with van der Waals surface area (Å²) in [6.07, 6.45) is -1.15. The highest BCUT2D eigenvalue weighted by Gasteiger charge is 2.51. The molecule has 5 atom stereocenters. The van der Waals surface area contributed by atoms with Gasteiger partial charge in [-0.15, -0.1) is 0 Å². The van der Waals surface area contributed by atoms with Crippen molar-refractivity contribution in [3.05, 3.63) is 0 Å². The van der Waals surface area contributed by atoms with E-state index in [2.05, 4.69) is 4.99 Å². The molecule has 104 valence electrons. The van der Waals surface area contributed by atoms with Crippen molar-refractivity contribution in [3.63, 3.8) is 0 Å². The Kier molecular flexibility index (Phi) is 3.66. The van der Waals surface area contributed by atoms with E-state index in [0.29, 0.717) is 6.42 Å². The second kappa shape index (κ2) is 4.67. The van der Waals surface area contributed by atoms with Gasteiger partial charge in [-0.1, -0.05) is 11.8 Å². The van der Waals surface area contributed by atoms with Gasteiger partial charge in [-0.05, 0) is 20.3 Å². The van der Waals surface area contributed by atoms with Gasteiger partial charge < -0.3 is 20.2 Å². The highest BCUT2D eigenvalue weighted by molar-refractivity contribution is 8.14. The molecule has 1 fully saturated rings. The first kappa shape index (κ1) is 14.1. The van der Waals surface area contributed by atoms with E-state index in [1.807, 2.05) is 19.0 Å². The van der Waals surface area contributed by atoms with Gasteiger partial charge in [0.1, 0.15) is 6.10 Å². The molecule has 1 saturated carbocycles. The number of aliphatic hydroxyl groups is 3. The van der Waals surface area contributed by atoms with Crippen LogP contribution in [0.2, 0.25) is 0 Å². The number of aliphatic hydroxyl groups excluding tert-OH is 2. The number of rotatable bonds is 1. The summed E-state index contributed by atoms with van der Waals surface area (Å²) in [6, 6.07) is -0.263. The summed E-state index contributed by atoms with van der Waals surface area (Å²) >= 11 is 1.62. The number of nitrogens with zero attached hydrogens (tertiary/aromatic N) is 2. The van der Waals surface area contributed by atoms with E-state index in [9.17, 15) is 15.3 Å². The molecule has 5 nitrogen and oxygen atoms in total. The summed E-state index contributed by atoms with van der Waals surface area (Å²) < 4.78 is 0. The average Bonchev–Trinajstić information content (AvgIpc) is 2.65. The summed E-state index contributed by atoms with van der Waals surface area (Å²) in [4.78, 5) is 6.39. The Bertz CT molecular complexity index is 354. The number of hydrogen-bond donors (Lipinski definition) is 3. The number of hydrogen-bond acceptors (Lipinski definition) is 6. The Labute approximate surface area is 112 Å². The summed E-state index contributed by atoms with van der Waals surface area (Å²) in [5.41, 5.74) is -0.993. The standard InChI is InChI=1S/C12H22N2O3S/c1-12(2,17)6-5-7-8(10(16)9(6)15)13-11(18-7)14(3)4/h6-10,15-17H,5H2,1-4H3/t6-,7-,8-,9+,10+/m0/s1. The van der Waals surface area contributed by atoms with Gasteiger partial charge in [0, 0.05) is 25.3 Å². The monoisotopic (exact) mass is 274 g/mol. The van der Waals surface area contributed by atoms with Crippen LogP contribution in [0, 0.1) is 5.92 Å². The van der Waals surface area contributed by atoms with Gasteiger partial charge in [0.2, 0.25) is 0 Å². The SMILES string of the molecule is CN(C)C1=N[C@@H]2[C@@H](O)[C@H](O)[C@@H](C(C)(C)O)C[C@@H]2S1. The Morgan fingerprint density at radius 3 is 2.39 bits per heavy atom. The first-order valence-electron chi connectivity index (χ1n) is 6.22. The van der Waals surface area contributed by atoms with E-state index in [0.717, 1.165) is 5.17 Å². The lowest BCUT2D eigenvalue weighted by Gasteiger charge is -2.43. The third kappa shape index (κ3) is 2.39. The Morgan fingerprint density at radius 2 is 1.89 bits per heavy atom. The Hall–Kier alpha value is -0.300. The van der Waals surface area contributed by atoms with Gasteiger partial charge in [-0.2, -0.15) is 0 Å². The molecule has 0 aromatic heterocycles. The van der Waals surface area contributed by atoms with E-state index < -0.39 is 17.8 Å². The normalized spacial score (nSPS) is 40.4. The molecule has 1 aliphatic heterocycles. The van der Waals surface area contributed by atoms with Crippen molar-refractivity contribution in [2.24, 2.45) is 10.9 Å². The van der Waals surface area contributed by atoms with E-state index >= 15 is 0 Å². The topological polar surface area (TPSA) is 76.3 Å². The van der Waals surface area contributed by atoms with E-state index in [1.165, 1.54) is 0 Å². The number of thioether (sulfide) groups is 1. The van der Waals surface area contributed by atoms with Crippen LogP contribution in [-0.2, 0) is 0 Å².